The van der Waals surface area contributed by atoms with Crippen LogP contribution in [0.5, 0.6) is 0 Å². The summed E-state index contributed by atoms with van der Waals surface area (Å²) in [4.78, 5) is 0. The Balaban J connectivity index is 0.997. The van der Waals surface area contributed by atoms with E-state index in [1.165, 1.54) is 42.4 Å². The molecule has 194 valence electrons. The Morgan fingerprint density at radius 2 is 1.10 bits per heavy atom. The van der Waals surface area contributed by atoms with Gasteiger partial charge >= 0.3 is 0 Å². The van der Waals surface area contributed by atoms with E-state index in [1.807, 2.05) is 29.5 Å². The highest BCUT2D eigenvalue weighted by Crippen LogP contribution is 2.40. The minimum atomic E-state index is 0.883. The van der Waals surface area contributed by atoms with Crippen molar-refractivity contribution in [2.75, 3.05) is 5.32 Å². The van der Waals surface area contributed by atoms with Crippen LogP contribution in [-0.4, -0.2) is 0 Å². The topological polar surface area (TPSA) is 25.2 Å². The highest BCUT2D eigenvalue weighted by molar-refractivity contribution is 7.26. The highest BCUT2D eigenvalue weighted by Gasteiger charge is 2.10. The van der Waals surface area contributed by atoms with Gasteiger partial charge in [0.05, 0.1) is 0 Å². The Bertz CT molecular complexity index is 2120. The van der Waals surface area contributed by atoms with Gasteiger partial charge in [-0.25, -0.2) is 0 Å². The molecule has 8 rings (SSSR count). The maximum Gasteiger partial charge on any atom is 0.135 e. The predicted molar refractivity (Wildman–Crippen MR) is 175 cm³/mol. The first kappa shape index (κ1) is 23.7. The van der Waals surface area contributed by atoms with Gasteiger partial charge in [0.15, 0.2) is 0 Å². The molecule has 41 heavy (non-hydrogen) atoms. The smallest absolute Gasteiger partial charge is 0.135 e. The van der Waals surface area contributed by atoms with Crippen molar-refractivity contribution in [1.29, 1.82) is 0 Å². The molecule has 0 aliphatic carbocycles. The first-order valence-electron chi connectivity index (χ1n) is 13.8. The SMILES string of the molecule is c1ccc2oc(-c3ccc(Nc4ccc(-c5ccc(-c6cccc7c6sc6ccccc67)cc5)cc4)cc3)cc2c1. The second-order valence-corrected chi connectivity index (χ2v) is 11.3. The van der Waals surface area contributed by atoms with Crippen LogP contribution in [0.4, 0.5) is 11.4 Å². The van der Waals surface area contributed by atoms with E-state index in [9.17, 15) is 0 Å². The molecule has 6 aromatic carbocycles. The van der Waals surface area contributed by atoms with Gasteiger partial charge in [-0.15, -0.1) is 11.3 Å². The van der Waals surface area contributed by atoms with Crippen LogP contribution in [-0.2, 0) is 0 Å². The molecule has 0 amide bonds. The van der Waals surface area contributed by atoms with Gasteiger partial charge in [-0.05, 0) is 76.9 Å². The standard InChI is InChI=1S/C38H25NOS/c1-3-10-35-29(6-1)24-36(40-35)28-18-22-31(23-19-28)39-30-20-16-26(17-21-30)25-12-14-27(15-13-25)32-8-5-9-34-33-7-2-4-11-37(33)41-38(32)34/h1-24,39H. The summed E-state index contributed by atoms with van der Waals surface area (Å²) in [6.07, 6.45) is 0. The van der Waals surface area contributed by atoms with Crippen molar-refractivity contribution in [2.45, 2.75) is 0 Å². The molecule has 0 aliphatic heterocycles. The van der Waals surface area contributed by atoms with E-state index in [2.05, 4.69) is 133 Å². The van der Waals surface area contributed by atoms with Gasteiger partial charge in [-0.2, -0.15) is 0 Å². The normalized spacial score (nSPS) is 11.4. The van der Waals surface area contributed by atoms with Crippen LogP contribution in [0, 0.1) is 0 Å². The third-order valence-corrected chi connectivity index (χ3v) is 8.92. The number of benzene rings is 6. The average molecular weight is 544 g/mol. The van der Waals surface area contributed by atoms with Crippen molar-refractivity contribution in [3.63, 3.8) is 0 Å². The molecule has 0 radical (unpaired) electrons. The molecule has 2 aromatic heterocycles. The van der Waals surface area contributed by atoms with Crippen LogP contribution in [0.15, 0.2) is 150 Å². The van der Waals surface area contributed by atoms with E-state index < -0.39 is 0 Å². The molecule has 0 atom stereocenters. The summed E-state index contributed by atoms with van der Waals surface area (Å²) in [6.45, 7) is 0. The van der Waals surface area contributed by atoms with Crippen molar-refractivity contribution >= 4 is 53.9 Å². The van der Waals surface area contributed by atoms with Crippen LogP contribution in [0.2, 0.25) is 0 Å². The molecule has 0 saturated heterocycles. The molecule has 3 heteroatoms. The minimum absolute atomic E-state index is 0.883. The zero-order valence-corrected chi connectivity index (χ0v) is 23.0. The summed E-state index contributed by atoms with van der Waals surface area (Å²) in [6, 6.07) is 51.4. The predicted octanol–water partition coefficient (Wildman–Crippen LogP) is 11.5. The zero-order chi connectivity index (χ0) is 27.2. The van der Waals surface area contributed by atoms with Crippen LogP contribution >= 0.6 is 11.3 Å². The molecular formula is C38H25NOS. The fourth-order valence-electron chi connectivity index (χ4n) is 5.57. The molecule has 0 saturated carbocycles. The summed E-state index contributed by atoms with van der Waals surface area (Å²) in [7, 11) is 0. The number of anilines is 2. The van der Waals surface area contributed by atoms with E-state index in [0.29, 0.717) is 0 Å². The van der Waals surface area contributed by atoms with Gasteiger partial charge < -0.3 is 9.73 Å². The van der Waals surface area contributed by atoms with Gasteiger partial charge in [0.25, 0.3) is 0 Å². The number of thiophene rings is 1. The lowest BCUT2D eigenvalue weighted by atomic mass is 9.99. The maximum atomic E-state index is 6.01. The van der Waals surface area contributed by atoms with E-state index in [4.69, 9.17) is 4.42 Å². The molecule has 1 N–H and O–H groups in total. The summed E-state index contributed by atoms with van der Waals surface area (Å²) in [5, 5.41) is 7.30. The molecule has 0 bridgehead atoms. The third kappa shape index (κ3) is 4.37. The molecular weight excluding hydrogens is 518 g/mol. The van der Waals surface area contributed by atoms with E-state index in [0.717, 1.165) is 33.7 Å². The molecule has 8 aromatic rings. The van der Waals surface area contributed by atoms with Gasteiger partial charge in [0.1, 0.15) is 11.3 Å². The Morgan fingerprint density at radius 3 is 1.85 bits per heavy atom. The monoisotopic (exact) mass is 543 g/mol. The van der Waals surface area contributed by atoms with Crippen molar-refractivity contribution < 1.29 is 4.42 Å². The molecule has 0 fully saturated rings. The highest BCUT2D eigenvalue weighted by atomic mass is 32.1. The van der Waals surface area contributed by atoms with Gasteiger partial charge in [-0.3, -0.25) is 0 Å². The summed E-state index contributed by atoms with van der Waals surface area (Å²) >= 11 is 1.87. The second-order valence-electron chi connectivity index (χ2n) is 10.3. The molecule has 0 spiro atoms. The lowest BCUT2D eigenvalue weighted by molar-refractivity contribution is 0.631. The first-order valence-corrected chi connectivity index (χ1v) is 14.6. The minimum Gasteiger partial charge on any atom is -0.456 e. The maximum absolute atomic E-state index is 6.01. The lowest BCUT2D eigenvalue weighted by Gasteiger charge is -2.09. The lowest BCUT2D eigenvalue weighted by Crippen LogP contribution is -1.90. The molecule has 2 nitrogen and oxygen atoms in total. The van der Waals surface area contributed by atoms with Gasteiger partial charge in [0.2, 0.25) is 0 Å². The van der Waals surface area contributed by atoms with E-state index in [1.54, 1.807) is 0 Å². The fraction of sp³-hybridized carbons (Fsp3) is 0. The molecule has 0 aliphatic rings. The number of fused-ring (bicyclic) bond motifs is 4. The van der Waals surface area contributed by atoms with E-state index in [-0.39, 0.29) is 0 Å². The summed E-state index contributed by atoms with van der Waals surface area (Å²) in [5.74, 6) is 0.883. The number of furan rings is 1. The fourth-order valence-corrected chi connectivity index (χ4v) is 6.81. The summed E-state index contributed by atoms with van der Waals surface area (Å²) < 4.78 is 8.70. The number of hydrogen-bond donors (Lipinski definition) is 1. The van der Waals surface area contributed by atoms with Crippen LogP contribution < -0.4 is 5.32 Å². The second kappa shape index (κ2) is 9.81. The van der Waals surface area contributed by atoms with Crippen LogP contribution in [0.1, 0.15) is 0 Å². The number of nitrogens with one attached hydrogen (secondary N) is 1. The average Bonchev–Trinajstić information content (AvgIpc) is 3.64. The van der Waals surface area contributed by atoms with Crippen LogP contribution in [0.25, 0.3) is 64.7 Å². The molecule has 2 heterocycles. The van der Waals surface area contributed by atoms with Crippen LogP contribution in [0.3, 0.4) is 0 Å². The Hall–Kier alpha value is -5.12. The van der Waals surface area contributed by atoms with Gasteiger partial charge in [0, 0.05) is 42.5 Å². The Morgan fingerprint density at radius 1 is 0.488 bits per heavy atom. The van der Waals surface area contributed by atoms with Crippen molar-refractivity contribution in [3.05, 3.63) is 146 Å². The van der Waals surface area contributed by atoms with Crippen molar-refractivity contribution in [2.24, 2.45) is 0 Å². The number of para-hydroxylation sites is 1. The zero-order valence-electron chi connectivity index (χ0n) is 22.2. The third-order valence-electron chi connectivity index (χ3n) is 7.70. The van der Waals surface area contributed by atoms with E-state index >= 15 is 0 Å². The number of hydrogen-bond acceptors (Lipinski definition) is 3. The Kier molecular flexibility index (Phi) is 5.68. The van der Waals surface area contributed by atoms with Crippen molar-refractivity contribution in [3.8, 4) is 33.6 Å². The number of rotatable bonds is 5. The largest absolute Gasteiger partial charge is 0.456 e. The Labute approximate surface area is 242 Å². The first-order chi connectivity index (χ1) is 20.3. The quantitative estimate of drug-likeness (QED) is 0.233. The summed E-state index contributed by atoms with van der Waals surface area (Å²) in [5.41, 5.74) is 9.01. The van der Waals surface area contributed by atoms with Crippen molar-refractivity contribution in [1.82, 2.24) is 0 Å². The van der Waals surface area contributed by atoms with Gasteiger partial charge in [-0.1, -0.05) is 91.0 Å². The molecule has 0 unspecified atom stereocenters.